The molecule has 0 aliphatic rings. The first kappa shape index (κ1) is 17.9. The van der Waals surface area contributed by atoms with Crippen molar-refractivity contribution in [3.8, 4) is 0 Å². The average Bonchev–Trinajstić information content (AvgIpc) is 2.63. The highest BCUT2D eigenvalue weighted by atomic mass is 31.2. The zero-order valence-corrected chi connectivity index (χ0v) is 14.2. The number of ether oxygens (including phenoxy) is 1. The quantitative estimate of drug-likeness (QED) is 0.572. The van der Waals surface area contributed by atoms with E-state index >= 15 is 0 Å². The van der Waals surface area contributed by atoms with Gasteiger partial charge in [-0.15, -0.1) is 0 Å². The molecule has 2 rings (SSSR count). The number of carbonyl (C=O) groups is 2. The number of carbonyl (C=O) groups excluding carboxylic acids is 2. The van der Waals surface area contributed by atoms with E-state index in [0.717, 1.165) is 0 Å². The lowest BCUT2D eigenvalue weighted by molar-refractivity contribution is -0.139. The molecule has 1 amide bonds. The van der Waals surface area contributed by atoms with Gasteiger partial charge < -0.3 is 4.74 Å². The highest BCUT2D eigenvalue weighted by molar-refractivity contribution is 7.77. The molecule has 0 atom stereocenters. The first-order valence-electron chi connectivity index (χ1n) is 7.36. The number of nitrogens with one attached hydrogen (secondary N) is 2. The molecular formula is C17H19N2O4P. The van der Waals surface area contributed by atoms with Crippen molar-refractivity contribution in [3.63, 3.8) is 0 Å². The maximum Gasteiger partial charge on any atom is 0.319 e. The second-order valence-corrected chi connectivity index (χ2v) is 7.47. The molecule has 0 radical (unpaired) electrons. The minimum Gasteiger partial charge on any atom is -0.468 e. The summed E-state index contributed by atoms with van der Waals surface area (Å²) in [7, 11) is -2.04. The Morgan fingerprint density at radius 2 is 1.42 bits per heavy atom. The van der Waals surface area contributed by atoms with Crippen molar-refractivity contribution in [2.24, 2.45) is 0 Å². The highest BCUT2D eigenvalue weighted by Gasteiger charge is 2.29. The summed E-state index contributed by atoms with van der Waals surface area (Å²) in [4.78, 5) is 23.2. The highest BCUT2D eigenvalue weighted by Crippen LogP contribution is 2.38. The summed E-state index contributed by atoms with van der Waals surface area (Å²) in [6, 6.07) is 17.6. The molecule has 24 heavy (non-hydrogen) atoms. The molecule has 126 valence electrons. The van der Waals surface area contributed by atoms with E-state index in [4.69, 9.17) is 0 Å². The summed E-state index contributed by atoms with van der Waals surface area (Å²) >= 11 is 0. The summed E-state index contributed by atoms with van der Waals surface area (Å²) in [6.45, 7) is -0.232. The molecule has 2 aromatic rings. The van der Waals surface area contributed by atoms with E-state index in [2.05, 4.69) is 15.1 Å². The molecule has 0 saturated carbocycles. The van der Waals surface area contributed by atoms with Crippen LogP contribution in [0.1, 0.15) is 0 Å². The summed E-state index contributed by atoms with van der Waals surface area (Å²) in [6.07, 6.45) is 0. The zero-order chi connectivity index (χ0) is 17.4. The molecule has 0 fully saturated rings. The van der Waals surface area contributed by atoms with Gasteiger partial charge in [-0.3, -0.25) is 24.6 Å². The van der Waals surface area contributed by atoms with Gasteiger partial charge in [-0.1, -0.05) is 36.4 Å². The van der Waals surface area contributed by atoms with Crippen LogP contribution in [0.4, 0.5) is 0 Å². The van der Waals surface area contributed by atoms with E-state index in [-0.39, 0.29) is 13.1 Å². The fourth-order valence-electron chi connectivity index (χ4n) is 2.12. The minimum absolute atomic E-state index is 0.0924. The smallest absolute Gasteiger partial charge is 0.319 e. The molecule has 0 saturated heterocycles. The molecule has 0 aromatic heterocycles. The molecule has 7 heteroatoms. The van der Waals surface area contributed by atoms with Gasteiger partial charge in [0.2, 0.25) is 13.2 Å². The van der Waals surface area contributed by atoms with Crippen molar-refractivity contribution in [2.75, 3.05) is 20.2 Å². The fourth-order valence-corrected chi connectivity index (χ4v) is 4.29. The number of rotatable bonds is 7. The number of benzene rings is 2. The number of esters is 1. The van der Waals surface area contributed by atoms with Gasteiger partial charge in [0.25, 0.3) is 0 Å². The Balaban J connectivity index is 2.18. The molecule has 2 aromatic carbocycles. The van der Waals surface area contributed by atoms with Gasteiger partial charge in [-0.25, -0.2) is 0 Å². The van der Waals surface area contributed by atoms with Gasteiger partial charge in [0, 0.05) is 10.6 Å². The normalized spacial score (nSPS) is 10.9. The third kappa shape index (κ3) is 4.54. The van der Waals surface area contributed by atoms with E-state index in [9.17, 15) is 14.2 Å². The van der Waals surface area contributed by atoms with Crippen LogP contribution in [0.5, 0.6) is 0 Å². The monoisotopic (exact) mass is 346 g/mol. The van der Waals surface area contributed by atoms with Crippen molar-refractivity contribution in [3.05, 3.63) is 60.7 Å². The molecule has 0 aliphatic heterocycles. The third-order valence-corrected chi connectivity index (χ3v) is 5.92. The van der Waals surface area contributed by atoms with Gasteiger partial charge in [-0.2, -0.15) is 0 Å². The van der Waals surface area contributed by atoms with Gasteiger partial charge >= 0.3 is 5.97 Å². The van der Waals surface area contributed by atoms with Crippen molar-refractivity contribution < 1.29 is 18.9 Å². The number of hydrogen-bond acceptors (Lipinski definition) is 5. The number of amides is 1. The predicted octanol–water partition coefficient (Wildman–Crippen LogP) is 0.794. The summed E-state index contributed by atoms with van der Waals surface area (Å²) in [5, 5.41) is 6.35. The van der Waals surface area contributed by atoms with Crippen LogP contribution in [0.25, 0.3) is 0 Å². The molecule has 2 N–H and O–H groups in total. The lowest BCUT2D eigenvalue weighted by Crippen LogP contribution is -2.39. The second-order valence-electron chi connectivity index (χ2n) is 5.00. The largest absolute Gasteiger partial charge is 0.468 e. The Labute approximate surface area is 140 Å². The molecule has 0 bridgehead atoms. The second kappa shape index (κ2) is 8.43. The van der Waals surface area contributed by atoms with Crippen LogP contribution in [0.2, 0.25) is 0 Å². The minimum atomic E-state index is -3.31. The maximum atomic E-state index is 13.5. The van der Waals surface area contributed by atoms with Crippen LogP contribution < -0.4 is 21.0 Å². The SMILES string of the molecule is COC(=O)CNCC(=O)NP(=O)(c1ccccc1)c1ccccc1. The van der Waals surface area contributed by atoms with E-state index in [0.29, 0.717) is 10.6 Å². The Morgan fingerprint density at radius 1 is 0.917 bits per heavy atom. The number of methoxy groups -OCH3 is 1. The van der Waals surface area contributed by atoms with Crippen LogP contribution in [0, 0.1) is 0 Å². The van der Waals surface area contributed by atoms with Crippen LogP contribution in [-0.4, -0.2) is 32.1 Å². The number of hydrogen-bond donors (Lipinski definition) is 2. The lowest BCUT2D eigenvalue weighted by Gasteiger charge is -2.20. The third-order valence-electron chi connectivity index (χ3n) is 3.30. The van der Waals surface area contributed by atoms with Gasteiger partial charge in [0.1, 0.15) is 0 Å². The van der Waals surface area contributed by atoms with Crippen LogP contribution in [0.3, 0.4) is 0 Å². The summed E-state index contributed by atoms with van der Waals surface area (Å²) in [5.74, 6) is -0.938. The Kier molecular flexibility index (Phi) is 6.29. The standard InChI is InChI=1S/C17H19N2O4P/c1-23-17(21)13-18-12-16(20)19-24(22,14-8-4-2-5-9-14)15-10-6-3-7-11-15/h2-11,18H,12-13H2,1H3,(H,19,20,22). The fraction of sp³-hybridized carbons (Fsp3) is 0.176. The van der Waals surface area contributed by atoms with Crippen LogP contribution in [-0.2, 0) is 18.9 Å². The van der Waals surface area contributed by atoms with E-state index in [1.165, 1.54) is 7.11 Å². The van der Waals surface area contributed by atoms with Gasteiger partial charge in [-0.05, 0) is 24.3 Å². The Hall–Kier alpha value is -2.43. The summed E-state index contributed by atoms with van der Waals surface area (Å²) in [5.41, 5.74) is 0. The average molecular weight is 346 g/mol. The van der Waals surface area contributed by atoms with Crippen molar-refractivity contribution in [2.45, 2.75) is 0 Å². The van der Waals surface area contributed by atoms with Gasteiger partial charge in [0.05, 0.1) is 20.2 Å². The Bertz CT molecular complexity index is 691. The van der Waals surface area contributed by atoms with E-state index in [1.54, 1.807) is 48.5 Å². The first-order valence-corrected chi connectivity index (χ1v) is 9.07. The first-order chi connectivity index (χ1) is 11.6. The predicted molar refractivity (Wildman–Crippen MR) is 92.8 cm³/mol. The Morgan fingerprint density at radius 3 is 1.88 bits per heavy atom. The molecule has 0 spiro atoms. The molecular weight excluding hydrogens is 327 g/mol. The van der Waals surface area contributed by atoms with Crippen LogP contribution in [0.15, 0.2) is 60.7 Å². The summed E-state index contributed by atoms with van der Waals surface area (Å²) < 4.78 is 18.0. The zero-order valence-electron chi connectivity index (χ0n) is 13.3. The van der Waals surface area contributed by atoms with Gasteiger partial charge in [0.15, 0.2) is 0 Å². The van der Waals surface area contributed by atoms with Crippen LogP contribution >= 0.6 is 7.29 Å². The van der Waals surface area contributed by atoms with Crippen molar-refractivity contribution in [1.29, 1.82) is 0 Å². The maximum absolute atomic E-state index is 13.5. The molecule has 0 aliphatic carbocycles. The topological polar surface area (TPSA) is 84.5 Å². The lowest BCUT2D eigenvalue weighted by atomic mass is 10.4. The molecule has 0 unspecified atom stereocenters. The molecule has 6 nitrogen and oxygen atoms in total. The van der Waals surface area contributed by atoms with E-state index in [1.807, 2.05) is 12.1 Å². The van der Waals surface area contributed by atoms with Crippen molar-refractivity contribution >= 4 is 29.8 Å². The molecule has 0 heterocycles. The van der Waals surface area contributed by atoms with Crippen molar-refractivity contribution in [1.82, 2.24) is 10.4 Å². The van der Waals surface area contributed by atoms with E-state index < -0.39 is 19.2 Å².